The maximum Gasteiger partial charge on any atom is 0.238 e. The summed E-state index contributed by atoms with van der Waals surface area (Å²) in [4.78, 5) is 26.4. The van der Waals surface area contributed by atoms with Gasteiger partial charge < -0.3 is 15.4 Å². The molecule has 28 heavy (non-hydrogen) atoms. The maximum absolute atomic E-state index is 12.5. The van der Waals surface area contributed by atoms with Gasteiger partial charge in [-0.2, -0.15) is 0 Å². The molecule has 3 rings (SSSR count). The second kappa shape index (κ2) is 9.37. The number of nitrogens with one attached hydrogen (secondary N) is 2. The molecule has 6 heteroatoms. The Hall–Kier alpha value is -2.86. The number of methoxy groups -OCH3 is 1. The molecule has 1 atom stereocenters. The number of anilines is 1. The van der Waals surface area contributed by atoms with Crippen molar-refractivity contribution in [1.29, 1.82) is 0 Å². The predicted octanol–water partition coefficient (Wildman–Crippen LogP) is 2.76. The average Bonchev–Trinajstić information content (AvgIpc) is 2.68. The number of ether oxygens (including phenoxy) is 1. The fourth-order valence-corrected chi connectivity index (χ4v) is 3.59. The van der Waals surface area contributed by atoms with Crippen LogP contribution in [-0.2, 0) is 16.0 Å². The van der Waals surface area contributed by atoms with Gasteiger partial charge in [0.25, 0.3) is 0 Å². The van der Waals surface area contributed by atoms with Gasteiger partial charge in [-0.25, -0.2) is 0 Å². The molecule has 0 spiro atoms. The van der Waals surface area contributed by atoms with E-state index in [1.165, 1.54) is 11.1 Å². The summed E-state index contributed by atoms with van der Waals surface area (Å²) >= 11 is 0. The SMILES string of the molecule is COc1cccc(NC(=O)CN(C)CC(=O)N[C@H]2CCCc3ccccc32)c1. The smallest absolute Gasteiger partial charge is 0.238 e. The highest BCUT2D eigenvalue weighted by molar-refractivity contribution is 5.92. The van der Waals surface area contributed by atoms with Crippen molar-refractivity contribution in [3.05, 3.63) is 59.7 Å². The first-order chi connectivity index (χ1) is 13.5. The van der Waals surface area contributed by atoms with E-state index in [4.69, 9.17) is 4.74 Å². The van der Waals surface area contributed by atoms with Gasteiger partial charge in [-0.3, -0.25) is 14.5 Å². The molecule has 2 aromatic carbocycles. The van der Waals surface area contributed by atoms with Gasteiger partial charge in [-0.15, -0.1) is 0 Å². The molecule has 0 aliphatic heterocycles. The number of carbonyl (C=O) groups is 2. The van der Waals surface area contributed by atoms with Gasteiger partial charge in [0.2, 0.25) is 11.8 Å². The lowest BCUT2D eigenvalue weighted by Crippen LogP contribution is -2.40. The minimum Gasteiger partial charge on any atom is -0.497 e. The molecule has 2 amide bonds. The van der Waals surface area contributed by atoms with E-state index in [0.717, 1.165) is 19.3 Å². The van der Waals surface area contributed by atoms with Gasteiger partial charge in [-0.05, 0) is 49.6 Å². The Bertz CT molecular complexity index is 837. The van der Waals surface area contributed by atoms with E-state index in [0.29, 0.717) is 11.4 Å². The molecule has 0 radical (unpaired) electrons. The third kappa shape index (κ3) is 5.33. The van der Waals surface area contributed by atoms with Crippen molar-refractivity contribution in [3.63, 3.8) is 0 Å². The number of amides is 2. The van der Waals surface area contributed by atoms with Gasteiger partial charge in [0.15, 0.2) is 0 Å². The predicted molar refractivity (Wildman–Crippen MR) is 109 cm³/mol. The first-order valence-corrected chi connectivity index (χ1v) is 9.55. The Kier molecular flexibility index (Phi) is 6.66. The number of rotatable bonds is 7. The lowest BCUT2D eigenvalue weighted by Gasteiger charge is -2.27. The van der Waals surface area contributed by atoms with E-state index >= 15 is 0 Å². The number of benzene rings is 2. The van der Waals surface area contributed by atoms with Crippen molar-refractivity contribution >= 4 is 17.5 Å². The number of hydrogen-bond acceptors (Lipinski definition) is 4. The van der Waals surface area contributed by atoms with E-state index in [9.17, 15) is 9.59 Å². The van der Waals surface area contributed by atoms with Crippen LogP contribution < -0.4 is 15.4 Å². The number of fused-ring (bicyclic) bond motifs is 1. The highest BCUT2D eigenvalue weighted by atomic mass is 16.5. The summed E-state index contributed by atoms with van der Waals surface area (Å²) in [5.74, 6) is 0.434. The second-order valence-corrected chi connectivity index (χ2v) is 7.16. The van der Waals surface area contributed by atoms with E-state index < -0.39 is 0 Å². The molecular weight excluding hydrogens is 354 g/mol. The lowest BCUT2D eigenvalue weighted by molar-refractivity contribution is -0.123. The quantitative estimate of drug-likeness (QED) is 0.774. The Morgan fingerprint density at radius 1 is 1.11 bits per heavy atom. The summed E-state index contributed by atoms with van der Waals surface area (Å²) in [7, 11) is 3.34. The van der Waals surface area contributed by atoms with Crippen molar-refractivity contribution in [2.45, 2.75) is 25.3 Å². The standard InChI is InChI=1S/C22H27N3O3/c1-25(14-21(26)23-17-9-6-10-18(13-17)28-2)15-22(27)24-20-12-5-8-16-7-3-4-11-19(16)20/h3-4,6-7,9-11,13,20H,5,8,12,14-15H2,1-2H3,(H,23,26)(H,24,27)/t20-/m0/s1. The molecule has 0 fully saturated rings. The van der Waals surface area contributed by atoms with Crippen LogP contribution in [0, 0.1) is 0 Å². The van der Waals surface area contributed by atoms with E-state index in [-0.39, 0.29) is 30.9 Å². The molecule has 1 aliphatic rings. The highest BCUT2D eigenvalue weighted by Gasteiger charge is 2.22. The zero-order valence-corrected chi connectivity index (χ0v) is 16.4. The molecule has 2 N–H and O–H groups in total. The molecule has 0 heterocycles. The topological polar surface area (TPSA) is 70.7 Å². The molecule has 2 aromatic rings. The fourth-order valence-electron chi connectivity index (χ4n) is 3.59. The first kappa shape index (κ1) is 19.9. The third-order valence-electron chi connectivity index (χ3n) is 4.89. The molecule has 0 unspecified atom stereocenters. The molecule has 6 nitrogen and oxygen atoms in total. The molecule has 0 saturated heterocycles. The third-order valence-corrected chi connectivity index (χ3v) is 4.89. The summed E-state index contributed by atoms with van der Waals surface area (Å²) < 4.78 is 5.15. The fraction of sp³-hybridized carbons (Fsp3) is 0.364. The number of nitrogens with zero attached hydrogens (tertiary/aromatic N) is 1. The second-order valence-electron chi connectivity index (χ2n) is 7.16. The van der Waals surface area contributed by atoms with Gasteiger partial charge in [-0.1, -0.05) is 30.3 Å². The largest absolute Gasteiger partial charge is 0.497 e. The lowest BCUT2D eigenvalue weighted by atomic mass is 9.88. The van der Waals surface area contributed by atoms with Crippen molar-refractivity contribution in [1.82, 2.24) is 10.2 Å². The minimum atomic E-state index is -0.174. The van der Waals surface area contributed by atoms with Crippen molar-refractivity contribution in [3.8, 4) is 5.75 Å². The van der Waals surface area contributed by atoms with E-state index in [1.807, 2.05) is 24.3 Å². The van der Waals surface area contributed by atoms with Crippen LogP contribution in [0.3, 0.4) is 0 Å². The number of carbonyl (C=O) groups excluding carboxylic acids is 2. The molecule has 1 aliphatic carbocycles. The first-order valence-electron chi connectivity index (χ1n) is 9.55. The van der Waals surface area contributed by atoms with Gasteiger partial charge in [0.1, 0.15) is 5.75 Å². The molecule has 0 saturated carbocycles. The van der Waals surface area contributed by atoms with Gasteiger partial charge in [0, 0.05) is 11.8 Å². The summed E-state index contributed by atoms with van der Waals surface area (Å²) in [5, 5.41) is 5.94. The van der Waals surface area contributed by atoms with Crippen LogP contribution in [0.5, 0.6) is 5.75 Å². The van der Waals surface area contributed by atoms with Crippen LogP contribution in [0.25, 0.3) is 0 Å². The number of hydrogen-bond donors (Lipinski definition) is 2. The molecule has 0 bridgehead atoms. The summed E-state index contributed by atoms with van der Waals surface area (Å²) in [5.41, 5.74) is 3.19. The van der Waals surface area contributed by atoms with Crippen LogP contribution in [0.1, 0.15) is 30.0 Å². The average molecular weight is 381 g/mol. The Morgan fingerprint density at radius 2 is 1.89 bits per heavy atom. The Morgan fingerprint density at radius 3 is 2.71 bits per heavy atom. The summed E-state index contributed by atoms with van der Waals surface area (Å²) in [6.45, 7) is 0.302. The Labute approximate surface area is 165 Å². The van der Waals surface area contributed by atoms with E-state index in [2.05, 4.69) is 22.8 Å². The van der Waals surface area contributed by atoms with Crippen LogP contribution in [-0.4, -0.2) is 44.0 Å². The summed E-state index contributed by atoms with van der Waals surface area (Å²) in [6.07, 6.45) is 3.08. The summed E-state index contributed by atoms with van der Waals surface area (Å²) in [6, 6.07) is 15.5. The zero-order valence-electron chi connectivity index (χ0n) is 16.4. The number of likely N-dealkylation sites (N-methyl/N-ethyl adjacent to an activating group) is 1. The van der Waals surface area contributed by atoms with Gasteiger partial charge in [0.05, 0.1) is 26.2 Å². The Balaban J connectivity index is 1.48. The molecular formula is C22H27N3O3. The van der Waals surface area contributed by atoms with Crippen LogP contribution in [0.15, 0.2) is 48.5 Å². The van der Waals surface area contributed by atoms with Crippen molar-refractivity contribution in [2.75, 3.05) is 32.6 Å². The van der Waals surface area contributed by atoms with Crippen molar-refractivity contribution in [2.24, 2.45) is 0 Å². The number of aryl methyl sites for hydroxylation is 1. The molecule has 0 aromatic heterocycles. The monoisotopic (exact) mass is 381 g/mol. The van der Waals surface area contributed by atoms with Crippen LogP contribution in [0.4, 0.5) is 5.69 Å². The van der Waals surface area contributed by atoms with Gasteiger partial charge >= 0.3 is 0 Å². The minimum absolute atomic E-state index is 0.0523. The van der Waals surface area contributed by atoms with E-state index in [1.54, 1.807) is 31.2 Å². The highest BCUT2D eigenvalue weighted by Crippen LogP contribution is 2.29. The maximum atomic E-state index is 12.5. The zero-order chi connectivity index (χ0) is 19.9. The van der Waals surface area contributed by atoms with Crippen LogP contribution in [0.2, 0.25) is 0 Å². The molecule has 148 valence electrons. The van der Waals surface area contributed by atoms with Crippen LogP contribution >= 0.6 is 0 Å². The normalized spacial score (nSPS) is 15.6. The van der Waals surface area contributed by atoms with Crippen molar-refractivity contribution < 1.29 is 14.3 Å².